The molecular weight excluding hydrogens is 370 g/mol. The van der Waals surface area contributed by atoms with Crippen LogP contribution in [0.5, 0.6) is 5.88 Å². The molecule has 2 aromatic rings. The molecular formula is C21H29N5O3. The molecule has 2 amide bonds. The van der Waals surface area contributed by atoms with Gasteiger partial charge >= 0.3 is 0 Å². The molecule has 0 aromatic carbocycles. The molecule has 1 saturated carbocycles. The lowest BCUT2D eigenvalue weighted by molar-refractivity contribution is -0.122. The van der Waals surface area contributed by atoms with Gasteiger partial charge in [-0.3, -0.25) is 9.59 Å². The van der Waals surface area contributed by atoms with Gasteiger partial charge in [-0.1, -0.05) is 6.92 Å². The van der Waals surface area contributed by atoms with Crippen molar-refractivity contribution in [3.05, 3.63) is 42.1 Å². The zero-order valence-corrected chi connectivity index (χ0v) is 17.1. The summed E-state index contributed by atoms with van der Waals surface area (Å²) in [5.41, 5.74) is 1.28. The Morgan fingerprint density at radius 1 is 1.31 bits per heavy atom. The van der Waals surface area contributed by atoms with Crippen LogP contribution in [0.15, 0.2) is 30.9 Å². The van der Waals surface area contributed by atoms with Crippen LogP contribution in [0.4, 0.5) is 0 Å². The van der Waals surface area contributed by atoms with Gasteiger partial charge in [-0.25, -0.2) is 9.97 Å². The molecule has 0 spiro atoms. The van der Waals surface area contributed by atoms with Crippen molar-refractivity contribution in [2.24, 2.45) is 5.92 Å². The molecule has 0 aliphatic heterocycles. The van der Waals surface area contributed by atoms with Crippen molar-refractivity contribution in [3.8, 4) is 5.88 Å². The summed E-state index contributed by atoms with van der Waals surface area (Å²) in [6, 6.07) is 3.76. The van der Waals surface area contributed by atoms with Crippen LogP contribution < -0.4 is 15.4 Å². The molecule has 0 radical (unpaired) electrons. The molecule has 2 N–H and O–H groups in total. The Morgan fingerprint density at radius 2 is 2.14 bits per heavy atom. The van der Waals surface area contributed by atoms with Crippen LogP contribution in [-0.2, 0) is 11.3 Å². The summed E-state index contributed by atoms with van der Waals surface area (Å²) in [6.07, 6.45) is 8.30. The van der Waals surface area contributed by atoms with Crippen LogP contribution >= 0.6 is 0 Å². The van der Waals surface area contributed by atoms with Gasteiger partial charge in [0.25, 0.3) is 5.91 Å². The number of aromatic nitrogens is 3. The molecule has 2 aromatic heterocycles. The lowest BCUT2D eigenvalue weighted by Crippen LogP contribution is -2.47. The van der Waals surface area contributed by atoms with Crippen molar-refractivity contribution in [2.45, 2.75) is 52.1 Å². The first-order chi connectivity index (χ1) is 14.0. The van der Waals surface area contributed by atoms with Crippen LogP contribution in [0.2, 0.25) is 0 Å². The predicted molar refractivity (Wildman–Crippen MR) is 109 cm³/mol. The Balaban J connectivity index is 1.37. The third kappa shape index (κ3) is 6.04. The second-order valence-electron chi connectivity index (χ2n) is 7.52. The first kappa shape index (κ1) is 20.8. The highest BCUT2D eigenvalue weighted by Gasteiger charge is 2.30. The van der Waals surface area contributed by atoms with Crippen LogP contribution in [0.3, 0.4) is 0 Å². The van der Waals surface area contributed by atoms with E-state index in [1.165, 1.54) is 0 Å². The molecule has 1 aliphatic carbocycles. The molecule has 1 aliphatic rings. The zero-order chi connectivity index (χ0) is 20.6. The molecule has 8 heteroatoms. The largest absolute Gasteiger partial charge is 0.477 e. The van der Waals surface area contributed by atoms with E-state index in [1.54, 1.807) is 18.6 Å². The Kier molecular flexibility index (Phi) is 7.21. The average Bonchev–Trinajstić information content (AvgIpc) is 3.19. The molecule has 156 valence electrons. The SMILES string of the molecule is CCCOc1nc(C)ccc1C(=O)NCC1CC(NC(=O)CCn2ccnc2)C1. The number of carbonyl (C=O) groups excluding carboxylic acids is 2. The normalized spacial score (nSPS) is 18.0. The number of hydrogen-bond acceptors (Lipinski definition) is 5. The Labute approximate surface area is 171 Å². The molecule has 0 bridgehead atoms. The predicted octanol–water partition coefficient (Wildman–Crippen LogP) is 2.09. The first-order valence-electron chi connectivity index (χ1n) is 10.2. The van der Waals surface area contributed by atoms with Crippen LogP contribution in [0.1, 0.15) is 48.7 Å². The molecule has 2 heterocycles. The molecule has 3 rings (SSSR count). The Morgan fingerprint density at radius 3 is 2.86 bits per heavy atom. The van der Waals surface area contributed by atoms with E-state index in [9.17, 15) is 9.59 Å². The molecule has 8 nitrogen and oxygen atoms in total. The number of imidazole rings is 1. The fourth-order valence-corrected chi connectivity index (χ4v) is 3.32. The zero-order valence-electron chi connectivity index (χ0n) is 17.1. The van der Waals surface area contributed by atoms with Gasteiger partial charge in [-0.15, -0.1) is 0 Å². The number of carbonyl (C=O) groups is 2. The standard InChI is InChI=1S/C21H29N5O3/c1-3-10-29-21-18(5-4-15(2)24-21)20(28)23-13-16-11-17(12-16)25-19(27)6-8-26-9-7-22-14-26/h4-5,7,9,14,16-17H,3,6,8,10-13H2,1-2H3,(H,23,28)(H,25,27). The quantitative estimate of drug-likeness (QED) is 0.637. The summed E-state index contributed by atoms with van der Waals surface area (Å²) in [7, 11) is 0. The highest BCUT2D eigenvalue weighted by Crippen LogP contribution is 2.27. The van der Waals surface area contributed by atoms with E-state index in [-0.39, 0.29) is 17.9 Å². The summed E-state index contributed by atoms with van der Waals surface area (Å²) in [5.74, 6) is 0.642. The maximum atomic E-state index is 12.5. The van der Waals surface area contributed by atoms with E-state index < -0.39 is 0 Å². The van der Waals surface area contributed by atoms with E-state index in [0.717, 1.165) is 25.0 Å². The van der Waals surface area contributed by atoms with Gasteiger partial charge in [-0.2, -0.15) is 0 Å². The van der Waals surface area contributed by atoms with Gasteiger partial charge in [0.05, 0.1) is 12.9 Å². The minimum Gasteiger partial charge on any atom is -0.477 e. The molecule has 0 atom stereocenters. The van der Waals surface area contributed by atoms with Gasteiger partial charge in [0.1, 0.15) is 5.56 Å². The minimum absolute atomic E-state index is 0.0506. The first-order valence-corrected chi connectivity index (χ1v) is 10.2. The van der Waals surface area contributed by atoms with E-state index in [4.69, 9.17) is 4.74 Å². The highest BCUT2D eigenvalue weighted by molar-refractivity contribution is 5.96. The summed E-state index contributed by atoms with van der Waals surface area (Å²) in [6.45, 7) is 5.63. The second-order valence-corrected chi connectivity index (χ2v) is 7.52. The Bertz CT molecular complexity index is 816. The van der Waals surface area contributed by atoms with Gasteiger partial charge < -0.3 is 19.9 Å². The number of rotatable bonds is 10. The van der Waals surface area contributed by atoms with Gasteiger partial charge in [0.15, 0.2) is 0 Å². The molecule has 0 unspecified atom stereocenters. The second kappa shape index (κ2) is 10.0. The van der Waals surface area contributed by atoms with Crippen molar-refractivity contribution in [3.63, 3.8) is 0 Å². The monoisotopic (exact) mass is 399 g/mol. The fourth-order valence-electron chi connectivity index (χ4n) is 3.32. The topological polar surface area (TPSA) is 98.1 Å². The van der Waals surface area contributed by atoms with Crippen molar-refractivity contribution >= 4 is 11.8 Å². The Hall–Kier alpha value is -2.90. The van der Waals surface area contributed by atoms with Crippen molar-refractivity contribution in [1.82, 2.24) is 25.2 Å². The number of nitrogens with one attached hydrogen (secondary N) is 2. The van der Waals surface area contributed by atoms with E-state index in [2.05, 4.69) is 20.6 Å². The number of amides is 2. The number of pyridine rings is 1. The van der Waals surface area contributed by atoms with Crippen molar-refractivity contribution < 1.29 is 14.3 Å². The number of hydrogen-bond donors (Lipinski definition) is 2. The lowest BCUT2D eigenvalue weighted by Gasteiger charge is -2.36. The van der Waals surface area contributed by atoms with E-state index >= 15 is 0 Å². The highest BCUT2D eigenvalue weighted by atomic mass is 16.5. The van der Waals surface area contributed by atoms with Crippen LogP contribution in [0, 0.1) is 12.8 Å². The summed E-state index contributed by atoms with van der Waals surface area (Å²) in [4.78, 5) is 32.8. The van der Waals surface area contributed by atoms with Gasteiger partial charge in [0.2, 0.25) is 11.8 Å². The summed E-state index contributed by atoms with van der Waals surface area (Å²) < 4.78 is 7.51. The number of ether oxygens (including phenoxy) is 1. The average molecular weight is 399 g/mol. The molecule has 29 heavy (non-hydrogen) atoms. The third-order valence-electron chi connectivity index (χ3n) is 5.00. The number of nitrogens with zero attached hydrogens (tertiary/aromatic N) is 3. The van der Waals surface area contributed by atoms with Gasteiger partial charge in [0, 0.05) is 43.6 Å². The molecule has 1 fully saturated rings. The van der Waals surface area contributed by atoms with E-state index in [0.29, 0.717) is 43.5 Å². The minimum atomic E-state index is -0.170. The lowest BCUT2D eigenvalue weighted by atomic mass is 9.80. The van der Waals surface area contributed by atoms with Crippen LogP contribution in [0.25, 0.3) is 0 Å². The molecule has 0 saturated heterocycles. The maximum absolute atomic E-state index is 12.5. The van der Waals surface area contributed by atoms with Crippen molar-refractivity contribution in [2.75, 3.05) is 13.2 Å². The number of aryl methyl sites for hydroxylation is 2. The summed E-state index contributed by atoms with van der Waals surface area (Å²) in [5, 5.41) is 6.02. The van der Waals surface area contributed by atoms with Crippen molar-refractivity contribution in [1.29, 1.82) is 0 Å². The van der Waals surface area contributed by atoms with E-state index in [1.807, 2.05) is 30.7 Å². The third-order valence-corrected chi connectivity index (χ3v) is 5.00. The smallest absolute Gasteiger partial charge is 0.256 e. The fraction of sp³-hybridized carbons (Fsp3) is 0.524. The van der Waals surface area contributed by atoms with Crippen LogP contribution in [-0.4, -0.2) is 45.5 Å². The maximum Gasteiger partial charge on any atom is 0.256 e. The van der Waals surface area contributed by atoms with Gasteiger partial charge in [-0.05, 0) is 44.2 Å². The summed E-state index contributed by atoms with van der Waals surface area (Å²) >= 11 is 0.